The number of aromatic amines is 1. The number of aromatic nitrogens is 1. The molecule has 0 atom stereocenters. The molecule has 0 radical (unpaired) electrons. The number of nitro benzene ring substituents is 1. The van der Waals surface area contributed by atoms with Gasteiger partial charge in [0.2, 0.25) is 10.0 Å². The Morgan fingerprint density at radius 1 is 1.00 bits per heavy atom. The first-order valence-corrected chi connectivity index (χ1v) is 12.0. The number of sulfonamides is 1. The Kier molecular flexibility index (Phi) is 6.39. The van der Waals surface area contributed by atoms with Gasteiger partial charge in [0.15, 0.2) is 4.90 Å². The minimum absolute atomic E-state index is 0.0923. The quantitative estimate of drug-likeness (QED) is 0.283. The van der Waals surface area contributed by atoms with Crippen molar-refractivity contribution >= 4 is 32.2 Å². The fourth-order valence-electron chi connectivity index (χ4n) is 3.99. The van der Waals surface area contributed by atoms with Crippen molar-refractivity contribution in [1.29, 1.82) is 0 Å². The second-order valence-electron chi connectivity index (χ2n) is 7.47. The van der Waals surface area contributed by atoms with Crippen molar-refractivity contribution in [3.63, 3.8) is 0 Å². The summed E-state index contributed by atoms with van der Waals surface area (Å²) in [5.41, 5.74) is 4.48. The Morgan fingerprint density at radius 2 is 1.67 bits per heavy atom. The summed E-state index contributed by atoms with van der Waals surface area (Å²) in [5.74, 6) is 0. The summed E-state index contributed by atoms with van der Waals surface area (Å²) in [5, 5.41) is 12.3. The molecule has 2 N–H and O–H groups in total. The molecule has 0 saturated carbocycles. The van der Waals surface area contributed by atoms with Gasteiger partial charge in [-0.3, -0.25) is 10.1 Å². The number of benzene rings is 3. The third-order valence-electron chi connectivity index (χ3n) is 5.47. The van der Waals surface area contributed by atoms with E-state index in [4.69, 9.17) is 0 Å². The van der Waals surface area contributed by atoms with E-state index >= 15 is 0 Å². The lowest BCUT2D eigenvalue weighted by molar-refractivity contribution is -0.387. The molecule has 0 spiro atoms. The van der Waals surface area contributed by atoms with Crippen LogP contribution in [0, 0.1) is 10.1 Å². The van der Waals surface area contributed by atoms with E-state index in [1.165, 1.54) is 24.3 Å². The number of nitrogens with zero attached hydrogens (tertiary/aromatic N) is 1. The molecule has 4 rings (SSSR count). The molecule has 0 aliphatic rings. The topological polar surface area (TPSA) is 105 Å². The van der Waals surface area contributed by atoms with E-state index in [1.807, 2.05) is 67.6 Å². The zero-order valence-corrected chi connectivity index (χ0v) is 18.8. The van der Waals surface area contributed by atoms with Gasteiger partial charge in [-0.1, -0.05) is 66.7 Å². The zero-order valence-electron chi connectivity index (χ0n) is 18.0. The van der Waals surface area contributed by atoms with Gasteiger partial charge in [-0.25, -0.2) is 13.1 Å². The summed E-state index contributed by atoms with van der Waals surface area (Å²) in [6.45, 7) is 2.06. The van der Waals surface area contributed by atoms with Gasteiger partial charge in [0, 0.05) is 29.1 Å². The second kappa shape index (κ2) is 9.40. The molecule has 0 aliphatic heterocycles. The summed E-state index contributed by atoms with van der Waals surface area (Å²) < 4.78 is 28.2. The number of hydrogen-bond acceptors (Lipinski definition) is 4. The molecule has 7 nitrogen and oxygen atoms in total. The van der Waals surface area contributed by atoms with Crippen LogP contribution in [-0.2, 0) is 16.4 Å². The van der Waals surface area contributed by atoms with Gasteiger partial charge < -0.3 is 4.98 Å². The normalized spacial score (nSPS) is 12.2. The molecule has 0 bridgehead atoms. The summed E-state index contributed by atoms with van der Waals surface area (Å²) >= 11 is 0. The van der Waals surface area contributed by atoms with E-state index in [1.54, 1.807) is 0 Å². The number of nitro groups is 1. The fourth-order valence-corrected chi connectivity index (χ4v) is 5.19. The average Bonchev–Trinajstić information content (AvgIpc) is 3.18. The molecule has 0 unspecified atom stereocenters. The highest BCUT2D eigenvalue weighted by molar-refractivity contribution is 7.89. The van der Waals surface area contributed by atoms with Gasteiger partial charge in [0.05, 0.1) is 10.6 Å². The highest BCUT2D eigenvalue weighted by Crippen LogP contribution is 2.32. The van der Waals surface area contributed by atoms with Crippen molar-refractivity contribution < 1.29 is 13.3 Å². The number of allylic oxidation sites excluding steroid dienone is 1. The van der Waals surface area contributed by atoms with Gasteiger partial charge in [-0.05, 0) is 36.6 Å². The van der Waals surface area contributed by atoms with Crippen LogP contribution in [-0.4, -0.2) is 24.9 Å². The molecule has 168 valence electrons. The highest BCUT2D eigenvalue weighted by atomic mass is 32.2. The van der Waals surface area contributed by atoms with E-state index in [2.05, 4.69) is 9.71 Å². The molecule has 0 saturated heterocycles. The Labute approximate surface area is 192 Å². The van der Waals surface area contributed by atoms with Crippen molar-refractivity contribution in [2.24, 2.45) is 0 Å². The predicted molar refractivity (Wildman–Crippen MR) is 129 cm³/mol. The van der Waals surface area contributed by atoms with Crippen molar-refractivity contribution in [3.05, 3.63) is 112 Å². The molecule has 33 heavy (non-hydrogen) atoms. The molecule has 4 aromatic rings. The Bertz CT molecular complexity index is 1440. The number of hydrogen-bond donors (Lipinski definition) is 2. The largest absolute Gasteiger partial charge is 0.354 e. The average molecular weight is 462 g/mol. The van der Waals surface area contributed by atoms with Gasteiger partial charge in [-0.2, -0.15) is 0 Å². The minimum atomic E-state index is -4.05. The minimum Gasteiger partial charge on any atom is -0.354 e. The van der Waals surface area contributed by atoms with E-state index in [0.717, 1.165) is 33.3 Å². The highest BCUT2D eigenvalue weighted by Gasteiger charge is 2.25. The Morgan fingerprint density at radius 3 is 2.39 bits per heavy atom. The number of H-pyrrole nitrogens is 1. The first-order valence-electron chi connectivity index (χ1n) is 10.5. The van der Waals surface area contributed by atoms with Crippen LogP contribution in [0.1, 0.15) is 23.7 Å². The molecule has 1 heterocycles. The molecule has 0 aliphatic carbocycles. The smallest absolute Gasteiger partial charge is 0.289 e. The monoisotopic (exact) mass is 461 g/mol. The summed E-state index contributed by atoms with van der Waals surface area (Å²) in [6, 6.07) is 23.2. The van der Waals surface area contributed by atoms with Crippen LogP contribution >= 0.6 is 0 Å². The molecular formula is C25H23N3O4S. The molecule has 1 aromatic heterocycles. The van der Waals surface area contributed by atoms with Crippen molar-refractivity contribution in [3.8, 4) is 0 Å². The zero-order chi connectivity index (χ0) is 23.4. The first kappa shape index (κ1) is 22.4. The van der Waals surface area contributed by atoms with Crippen molar-refractivity contribution in [2.45, 2.75) is 18.2 Å². The lowest BCUT2D eigenvalue weighted by Crippen LogP contribution is -2.26. The van der Waals surface area contributed by atoms with Crippen LogP contribution in [0.25, 0.3) is 16.5 Å². The Balaban J connectivity index is 1.66. The van der Waals surface area contributed by atoms with E-state index < -0.39 is 20.6 Å². The fraction of sp³-hybridized carbons (Fsp3) is 0.120. The number of para-hydroxylation sites is 2. The summed E-state index contributed by atoms with van der Waals surface area (Å²) in [4.78, 5) is 13.7. The molecule has 0 amide bonds. The maximum atomic E-state index is 12.8. The molecule has 0 fully saturated rings. The van der Waals surface area contributed by atoms with Crippen molar-refractivity contribution in [1.82, 2.24) is 9.71 Å². The molecule has 3 aromatic carbocycles. The third-order valence-corrected chi connectivity index (χ3v) is 6.98. The van der Waals surface area contributed by atoms with Gasteiger partial charge in [0.1, 0.15) is 0 Å². The van der Waals surface area contributed by atoms with Crippen LogP contribution in [0.3, 0.4) is 0 Å². The van der Waals surface area contributed by atoms with E-state index in [0.29, 0.717) is 6.42 Å². The Hall–Kier alpha value is -3.75. The van der Waals surface area contributed by atoms with Crippen LogP contribution in [0.2, 0.25) is 0 Å². The van der Waals surface area contributed by atoms with Crippen LogP contribution in [0.15, 0.2) is 89.8 Å². The molecular weight excluding hydrogens is 438 g/mol. The van der Waals surface area contributed by atoms with Gasteiger partial charge in [-0.15, -0.1) is 0 Å². The van der Waals surface area contributed by atoms with Crippen LogP contribution < -0.4 is 4.72 Å². The standard InChI is InChI=1S/C25H23N3O4S/c1-2-19(18-10-4-3-5-11-18)25-21(20-12-6-7-13-22(20)27-25)16-17-26-33(31,32)24-15-9-8-14-23(24)28(29)30/h2-15,26-27H,16-17H2,1H3/b19-2-. The van der Waals surface area contributed by atoms with E-state index in [9.17, 15) is 18.5 Å². The molecule has 8 heteroatoms. The van der Waals surface area contributed by atoms with Crippen LogP contribution in [0.5, 0.6) is 0 Å². The number of rotatable bonds is 8. The number of nitrogens with one attached hydrogen (secondary N) is 2. The lowest BCUT2D eigenvalue weighted by atomic mass is 9.97. The SMILES string of the molecule is C/C=C(/c1ccccc1)c1[nH]c2ccccc2c1CCNS(=O)(=O)c1ccccc1[N+](=O)[O-]. The first-order chi connectivity index (χ1) is 15.9. The predicted octanol–water partition coefficient (Wildman–Crippen LogP) is 5.05. The van der Waals surface area contributed by atoms with E-state index in [-0.39, 0.29) is 11.4 Å². The summed E-state index contributed by atoms with van der Waals surface area (Å²) in [7, 11) is -4.05. The van der Waals surface area contributed by atoms with Crippen LogP contribution in [0.4, 0.5) is 5.69 Å². The maximum absolute atomic E-state index is 12.8. The second-order valence-corrected chi connectivity index (χ2v) is 9.20. The van der Waals surface area contributed by atoms with Gasteiger partial charge in [0.25, 0.3) is 5.69 Å². The maximum Gasteiger partial charge on any atom is 0.289 e. The lowest BCUT2D eigenvalue weighted by Gasteiger charge is -2.11. The summed E-state index contributed by atoms with van der Waals surface area (Å²) in [6.07, 6.45) is 2.43. The third kappa shape index (κ3) is 4.57. The number of fused-ring (bicyclic) bond motifs is 1. The van der Waals surface area contributed by atoms with Crippen molar-refractivity contribution in [2.75, 3.05) is 6.54 Å². The van der Waals surface area contributed by atoms with Gasteiger partial charge >= 0.3 is 0 Å².